The summed E-state index contributed by atoms with van der Waals surface area (Å²) < 4.78 is 5.68. The highest BCUT2D eigenvalue weighted by Gasteiger charge is 2.44. The van der Waals surface area contributed by atoms with Crippen molar-refractivity contribution in [2.45, 2.75) is 57.4 Å². The Balaban J connectivity index is 1.65. The van der Waals surface area contributed by atoms with Crippen molar-refractivity contribution in [2.75, 3.05) is 13.1 Å². The summed E-state index contributed by atoms with van der Waals surface area (Å²) in [6.45, 7) is 5.62. The van der Waals surface area contributed by atoms with Crippen LogP contribution in [-0.4, -0.2) is 48.2 Å². The molecule has 0 aromatic heterocycles. The third-order valence-corrected chi connectivity index (χ3v) is 4.35. The molecule has 4 nitrogen and oxygen atoms in total. The van der Waals surface area contributed by atoms with Crippen molar-refractivity contribution in [2.24, 2.45) is 5.92 Å². The molecule has 3 aliphatic rings. The predicted molar refractivity (Wildman–Crippen MR) is 64.6 cm³/mol. The lowest BCUT2D eigenvalue weighted by atomic mass is 9.88. The Bertz CT molecular complexity index is 311. The molecule has 1 amide bonds. The van der Waals surface area contributed by atoms with Gasteiger partial charge < -0.3 is 15.0 Å². The molecule has 96 valence electrons. The zero-order valence-electron chi connectivity index (χ0n) is 10.7. The molecule has 0 aromatic rings. The van der Waals surface area contributed by atoms with E-state index in [-0.39, 0.29) is 18.1 Å². The number of morpholine rings is 1. The molecule has 4 heteroatoms. The van der Waals surface area contributed by atoms with Crippen molar-refractivity contribution in [1.82, 2.24) is 10.2 Å². The number of hydrogen-bond acceptors (Lipinski definition) is 3. The fourth-order valence-electron chi connectivity index (χ4n) is 3.69. The molecule has 0 spiro atoms. The normalized spacial score (nSPS) is 45.3. The first-order chi connectivity index (χ1) is 8.13. The Labute approximate surface area is 103 Å². The van der Waals surface area contributed by atoms with Gasteiger partial charge in [-0.15, -0.1) is 0 Å². The van der Waals surface area contributed by atoms with Gasteiger partial charge in [0.1, 0.15) is 0 Å². The van der Waals surface area contributed by atoms with Crippen LogP contribution < -0.4 is 5.32 Å². The maximum Gasteiger partial charge on any atom is 0.227 e. The molecular weight excluding hydrogens is 216 g/mol. The highest BCUT2D eigenvalue weighted by atomic mass is 16.5. The van der Waals surface area contributed by atoms with E-state index >= 15 is 0 Å². The smallest absolute Gasteiger partial charge is 0.227 e. The van der Waals surface area contributed by atoms with E-state index in [0.717, 1.165) is 19.5 Å². The van der Waals surface area contributed by atoms with Crippen LogP contribution >= 0.6 is 0 Å². The summed E-state index contributed by atoms with van der Waals surface area (Å²) in [4.78, 5) is 14.5. The van der Waals surface area contributed by atoms with Crippen LogP contribution in [0, 0.1) is 5.92 Å². The Morgan fingerprint density at radius 3 is 2.47 bits per heavy atom. The van der Waals surface area contributed by atoms with Gasteiger partial charge in [-0.3, -0.25) is 4.79 Å². The molecule has 3 unspecified atom stereocenters. The van der Waals surface area contributed by atoms with E-state index in [9.17, 15) is 4.79 Å². The summed E-state index contributed by atoms with van der Waals surface area (Å²) in [6, 6.07) is 1.05. The molecule has 3 rings (SSSR count). The highest BCUT2D eigenvalue weighted by molar-refractivity contribution is 5.80. The maximum atomic E-state index is 12.5. The highest BCUT2D eigenvalue weighted by Crippen LogP contribution is 2.34. The number of rotatable bonds is 1. The standard InChI is InChI=1S/C13H22N2O2/c1-8-6-15(7-9(2)17-8)13(16)11-5-10-3-4-12(11)14-10/h8-12,14H,3-7H2,1-2H3/t8-,9+,10?,11?,12?. The second-order valence-electron chi connectivity index (χ2n) is 5.89. The number of hydrogen-bond donors (Lipinski definition) is 1. The van der Waals surface area contributed by atoms with E-state index in [2.05, 4.69) is 19.2 Å². The number of nitrogens with zero attached hydrogens (tertiary/aromatic N) is 1. The van der Waals surface area contributed by atoms with Crippen LogP contribution in [0.1, 0.15) is 33.1 Å². The molecule has 0 saturated carbocycles. The zero-order valence-corrected chi connectivity index (χ0v) is 10.7. The molecule has 5 atom stereocenters. The topological polar surface area (TPSA) is 41.6 Å². The minimum atomic E-state index is 0.175. The molecule has 0 aliphatic carbocycles. The lowest BCUT2D eigenvalue weighted by molar-refractivity contribution is -0.148. The van der Waals surface area contributed by atoms with Gasteiger partial charge in [-0.2, -0.15) is 0 Å². The quantitative estimate of drug-likeness (QED) is 0.733. The lowest BCUT2D eigenvalue weighted by Crippen LogP contribution is -2.51. The molecule has 3 heterocycles. The van der Waals surface area contributed by atoms with E-state index in [1.54, 1.807) is 0 Å². The average Bonchev–Trinajstić information content (AvgIpc) is 2.88. The largest absolute Gasteiger partial charge is 0.372 e. The summed E-state index contributed by atoms with van der Waals surface area (Å²) in [5, 5.41) is 3.54. The number of carbonyl (C=O) groups is 1. The fraction of sp³-hybridized carbons (Fsp3) is 0.923. The van der Waals surface area contributed by atoms with Gasteiger partial charge in [-0.05, 0) is 33.1 Å². The Morgan fingerprint density at radius 2 is 1.94 bits per heavy atom. The van der Waals surface area contributed by atoms with Gasteiger partial charge in [0, 0.05) is 25.2 Å². The van der Waals surface area contributed by atoms with Gasteiger partial charge in [0.25, 0.3) is 0 Å². The van der Waals surface area contributed by atoms with Crippen LogP contribution in [0.4, 0.5) is 0 Å². The molecule has 17 heavy (non-hydrogen) atoms. The number of amides is 1. The summed E-state index contributed by atoms with van der Waals surface area (Å²) >= 11 is 0. The van der Waals surface area contributed by atoms with Crippen LogP contribution in [0.2, 0.25) is 0 Å². The van der Waals surface area contributed by atoms with Crippen LogP contribution in [0.5, 0.6) is 0 Å². The van der Waals surface area contributed by atoms with Gasteiger partial charge in [-0.1, -0.05) is 0 Å². The molecule has 0 radical (unpaired) electrons. The summed E-state index contributed by atoms with van der Waals surface area (Å²) in [6.07, 6.45) is 3.83. The summed E-state index contributed by atoms with van der Waals surface area (Å²) in [5.74, 6) is 0.581. The van der Waals surface area contributed by atoms with Crippen LogP contribution in [-0.2, 0) is 9.53 Å². The average molecular weight is 238 g/mol. The van der Waals surface area contributed by atoms with Crippen molar-refractivity contribution >= 4 is 5.91 Å². The van der Waals surface area contributed by atoms with Crippen molar-refractivity contribution < 1.29 is 9.53 Å². The predicted octanol–water partition coefficient (Wildman–Crippen LogP) is 0.763. The van der Waals surface area contributed by atoms with Crippen molar-refractivity contribution in [3.05, 3.63) is 0 Å². The molecule has 1 N–H and O–H groups in total. The molecule has 3 saturated heterocycles. The first-order valence-electron chi connectivity index (χ1n) is 6.84. The number of carbonyl (C=O) groups excluding carboxylic acids is 1. The van der Waals surface area contributed by atoms with Gasteiger partial charge in [-0.25, -0.2) is 0 Å². The Morgan fingerprint density at radius 1 is 1.24 bits per heavy atom. The van der Waals surface area contributed by atoms with E-state index in [0.29, 0.717) is 18.0 Å². The first kappa shape index (κ1) is 11.5. The van der Waals surface area contributed by atoms with Crippen molar-refractivity contribution in [3.8, 4) is 0 Å². The fourth-order valence-corrected chi connectivity index (χ4v) is 3.69. The Hall–Kier alpha value is -0.610. The van der Waals surface area contributed by atoms with E-state index in [1.807, 2.05) is 4.90 Å². The zero-order chi connectivity index (χ0) is 12.0. The van der Waals surface area contributed by atoms with E-state index < -0.39 is 0 Å². The summed E-state index contributed by atoms with van der Waals surface area (Å²) in [5.41, 5.74) is 0. The van der Waals surface area contributed by atoms with Gasteiger partial charge in [0.05, 0.1) is 18.1 Å². The molecule has 3 aliphatic heterocycles. The second kappa shape index (κ2) is 4.25. The van der Waals surface area contributed by atoms with Crippen molar-refractivity contribution in [3.63, 3.8) is 0 Å². The molecule has 3 fully saturated rings. The third-order valence-electron chi connectivity index (χ3n) is 4.35. The van der Waals surface area contributed by atoms with Gasteiger partial charge >= 0.3 is 0 Å². The molecular formula is C13H22N2O2. The molecule has 0 aromatic carbocycles. The van der Waals surface area contributed by atoms with Gasteiger partial charge in [0.2, 0.25) is 5.91 Å². The Kier molecular flexibility index (Phi) is 2.87. The first-order valence-corrected chi connectivity index (χ1v) is 6.84. The number of ether oxygens (including phenoxy) is 1. The third kappa shape index (κ3) is 2.08. The lowest BCUT2D eigenvalue weighted by Gasteiger charge is -2.37. The van der Waals surface area contributed by atoms with Gasteiger partial charge in [0.15, 0.2) is 0 Å². The van der Waals surface area contributed by atoms with E-state index in [4.69, 9.17) is 4.74 Å². The minimum absolute atomic E-state index is 0.175. The van der Waals surface area contributed by atoms with Crippen LogP contribution in [0.25, 0.3) is 0 Å². The SMILES string of the molecule is C[C@@H]1CN(C(=O)C2CC3CCC2N3)C[C@H](C)O1. The van der Waals surface area contributed by atoms with Crippen molar-refractivity contribution in [1.29, 1.82) is 0 Å². The molecule has 2 bridgehead atoms. The van der Waals surface area contributed by atoms with Crippen LogP contribution in [0.3, 0.4) is 0 Å². The minimum Gasteiger partial charge on any atom is -0.372 e. The maximum absolute atomic E-state index is 12.5. The summed E-state index contributed by atoms with van der Waals surface area (Å²) in [7, 11) is 0. The monoisotopic (exact) mass is 238 g/mol. The number of fused-ring (bicyclic) bond motifs is 2. The van der Waals surface area contributed by atoms with Crippen LogP contribution in [0.15, 0.2) is 0 Å². The number of nitrogens with one attached hydrogen (secondary N) is 1. The second-order valence-corrected chi connectivity index (χ2v) is 5.89. The van der Waals surface area contributed by atoms with E-state index in [1.165, 1.54) is 12.8 Å².